The van der Waals surface area contributed by atoms with E-state index in [0.717, 1.165) is 5.56 Å². The quantitative estimate of drug-likeness (QED) is 0.724. The lowest BCUT2D eigenvalue weighted by molar-refractivity contribution is -0.137. The molecule has 2 rings (SSSR count). The van der Waals surface area contributed by atoms with Gasteiger partial charge in [0.2, 0.25) is 5.91 Å². The molecule has 0 spiro atoms. The first-order chi connectivity index (χ1) is 12.0. The normalized spacial score (nSPS) is 11.8. The first-order valence-corrected chi connectivity index (χ1v) is 8.69. The Morgan fingerprint density at radius 3 is 2.44 bits per heavy atom. The van der Waals surface area contributed by atoms with E-state index in [4.69, 9.17) is 28.3 Å². The van der Waals surface area contributed by atoms with Gasteiger partial charge in [0.15, 0.2) is 0 Å². The maximum atomic E-state index is 12.3. The Labute approximate surface area is 156 Å². The van der Waals surface area contributed by atoms with Crippen LogP contribution < -0.4 is 5.32 Å². The molecule has 2 aromatic carbocycles. The van der Waals surface area contributed by atoms with E-state index in [1.165, 1.54) is 0 Å². The van der Waals surface area contributed by atoms with E-state index in [1.807, 2.05) is 30.3 Å². The van der Waals surface area contributed by atoms with E-state index in [1.54, 1.807) is 18.2 Å². The molecule has 0 aromatic heterocycles. The number of benzene rings is 2. The summed E-state index contributed by atoms with van der Waals surface area (Å²) in [6.07, 6.45) is 1.17. The van der Waals surface area contributed by atoms with Gasteiger partial charge in [-0.05, 0) is 30.0 Å². The predicted octanol–water partition coefficient (Wildman–Crippen LogP) is 4.13. The summed E-state index contributed by atoms with van der Waals surface area (Å²) in [6, 6.07) is 14.4. The minimum atomic E-state index is -0.945. The summed E-state index contributed by atoms with van der Waals surface area (Å²) >= 11 is 12.0. The molecule has 0 aliphatic carbocycles. The fourth-order valence-electron chi connectivity index (χ4n) is 2.56. The number of carboxylic acid groups (broad SMARTS) is 1. The SMILES string of the molecule is O=C(O)CC(CCc1ccccc1)NC(=O)Cc1cccc(Cl)c1Cl. The standard InChI is InChI=1S/C19H19Cl2NO3/c20-16-8-4-7-14(19(16)21)11-17(23)22-15(12-18(24)25)10-9-13-5-2-1-3-6-13/h1-8,15H,9-12H2,(H,22,23)(H,24,25). The number of aliphatic carboxylic acids is 1. The van der Waals surface area contributed by atoms with Gasteiger partial charge in [0, 0.05) is 6.04 Å². The van der Waals surface area contributed by atoms with Crippen LogP contribution in [0.15, 0.2) is 48.5 Å². The topological polar surface area (TPSA) is 66.4 Å². The van der Waals surface area contributed by atoms with Gasteiger partial charge in [-0.3, -0.25) is 9.59 Å². The summed E-state index contributed by atoms with van der Waals surface area (Å²) in [5, 5.41) is 12.6. The highest BCUT2D eigenvalue weighted by atomic mass is 35.5. The second-order valence-electron chi connectivity index (χ2n) is 5.78. The zero-order valence-corrected chi connectivity index (χ0v) is 15.1. The Morgan fingerprint density at radius 2 is 1.76 bits per heavy atom. The van der Waals surface area contributed by atoms with E-state index in [-0.39, 0.29) is 18.7 Å². The number of halogens is 2. The third kappa shape index (κ3) is 6.40. The molecular weight excluding hydrogens is 361 g/mol. The minimum absolute atomic E-state index is 0.0564. The molecule has 2 aromatic rings. The number of hydrogen-bond donors (Lipinski definition) is 2. The molecule has 1 atom stereocenters. The van der Waals surface area contributed by atoms with E-state index < -0.39 is 12.0 Å². The molecule has 0 fully saturated rings. The third-order valence-corrected chi connectivity index (χ3v) is 4.65. The summed E-state index contributed by atoms with van der Waals surface area (Å²) in [5.74, 6) is -1.22. The van der Waals surface area contributed by atoms with Gasteiger partial charge >= 0.3 is 5.97 Å². The number of nitrogens with one attached hydrogen (secondary N) is 1. The fraction of sp³-hybridized carbons (Fsp3) is 0.263. The van der Waals surface area contributed by atoms with Crippen LogP contribution in [0.1, 0.15) is 24.0 Å². The molecule has 25 heavy (non-hydrogen) atoms. The highest BCUT2D eigenvalue weighted by molar-refractivity contribution is 6.42. The molecular formula is C19H19Cl2NO3. The monoisotopic (exact) mass is 379 g/mol. The van der Waals surface area contributed by atoms with Crippen LogP contribution in [0.4, 0.5) is 0 Å². The molecule has 1 amide bonds. The Kier molecular flexibility index (Phi) is 7.29. The van der Waals surface area contributed by atoms with Crippen LogP contribution in [0.2, 0.25) is 10.0 Å². The molecule has 0 bridgehead atoms. The lowest BCUT2D eigenvalue weighted by Crippen LogP contribution is -2.37. The highest BCUT2D eigenvalue weighted by Gasteiger charge is 2.17. The number of carbonyl (C=O) groups excluding carboxylic acids is 1. The number of amides is 1. The van der Waals surface area contributed by atoms with E-state index in [2.05, 4.69) is 5.32 Å². The molecule has 0 aliphatic rings. The van der Waals surface area contributed by atoms with Crippen LogP contribution in [0.3, 0.4) is 0 Å². The Balaban J connectivity index is 1.96. The van der Waals surface area contributed by atoms with Gasteiger partial charge in [-0.15, -0.1) is 0 Å². The molecule has 0 saturated carbocycles. The van der Waals surface area contributed by atoms with Crippen LogP contribution in [0.5, 0.6) is 0 Å². The molecule has 4 nitrogen and oxygen atoms in total. The van der Waals surface area contributed by atoms with Crippen molar-refractivity contribution in [1.29, 1.82) is 0 Å². The molecule has 0 radical (unpaired) electrons. The van der Waals surface area contributed by atoms with Gasteiger partial charge in [-0.2, -0.15) is 0 Å². The first-order valence-electron chi connectivity index (χ1n) is 7.93. The van der Waals surface area contributed by atoms with Crippen LogP contribution in [0, 0.1) is 0 Å². The van der Waals surface area contributed by atoms with Gasteiger partial charge in [0.1, 0.15) is 0 Å². The summed E-state index contributed by atoms with van der Waals surface area (Å²) in [6.45, 7) is 0. The van der Waals surface area contributed by atoms with Crippen molar-refractivity contribution in [2.75, 3.05) is 0 Å². The fourth-order valence-corrected chi connectivity index (χ4v) is 2.95. The van der Waals surface area contributed by atoms with Crippen LogP contribution >= 0.6 is 23.2 Å². The second kappa shape index (κ2) is 9.44. The summed E-state index contributed by atoms with van der Waals surface area (Å²) in [4.78, 5) is 23.3. The molecule has 0 aliphatic heterocycles. The lowest BCUT2D eigenvalue weighted by atomic mass is 10.0. The van der Waals surface area contributed by atoms with Gasteiger partial charge < -0.3 is 10.4 Å². The smallest absolute Gasteiger partial charge is 0.305 e. The minimum Gasteiger partial charge on any atom is -0.481 e. The molecule has 132 valence electrons. The summed E-state index contributed by atoms with van der Waals surface area (Å²) < 4.78 is 0. The second-order valence-corrected chi connectivity index (χ2v) is 6.56. The number of hydrogen-bond acceptors (Lipinski definition) is 2. The number of aryl methyl sites for hydroxylation is 1. The third-order valence-electron chi connectivity index (χ3n) is 3.79. The molecule has 1 unspecified atom stereocenters. The highest BCUT2D eigenvalue weighted by Crippen LogP contribution is 2.25. The predicted molar refractivity (Wildman–Crippen MR) is 99.1 cm³/mol. The van der Waals surface area contributed by atoms with Gasteiger partial charge in [0.25, 0.3) is 0 Å². The molecule has 0 heterocycles. The van der Waals surface area contributed by atoms with E-state index in [0.29, 0.717) is 28.5 Å². The van der Waals surface area contributed by atoms with Gasteiger partial charge in [-0.1, -0.05) is 65.7 Å². The van der Waals surface area contributed by atoms with Crippen molar-refractivity contribution in [1.82, 2.24) is 5.32 Å². The Hall–Kier alpha value is -2.04. The van der Waals surface area contributed by atoms with Crippen molar-refractivity contribution >= 4 is 35.1 Å². The van der Waals surface area contributed by atoms with Gasteiger partial charge in [0.05, 0.1) is 22.9 Å². The summed E-state index contributed by atoms with van der Waals surface area (Å²) in [7, 11) is 0. The van der Waals surface area contributed by atoms with Crippen molar-refractivity contribution in [3.05, 3.63) is 69.7 Å². The molecule has 0 saturated heterocycles. The zero-order chi connectivity index (χ0) is 18.2. The molecule has 6 heteroatoms. The van der Waals surface area contributed by atoms with Crippen LogP contribution in [-0.2, 0) is 22.4 Å². The van der Waals surface area contributed by atoms with Crippen molar-refractivity contribution < 1.29 is 14.7 Å². The zero-order valence-electron chi connectivity index (χ0n) is 13.5. The first kappa shape index (κ1) is 19.3. The maximum Gasteiger partial charge on any atom is 0.305 e. The number of carboxylic acids is 1. The summed E-state index contributed by atoms with van der Waals surface area (Å²) in [5.41, 5.74) is 1.72. The number of rotatable bonds is 8. The molecule has 2 N–H and O–H groups in total. The van der Waals surface area contributed by atoms with E-state index >= 15 is 0 Å². The lowest BCUT2D eigenvalue weighted by Gasteiger charge is -2.17. The number of carbonyl (C=O) groups is 2. The van der Waals surface area contributed by atoms with Gasteiger partial charge in [-0.25, -0.2) is 0 Å². The Morgan fingerprint density at radius 1 is 1.04 bits per heavy atom. The van der Waals surface area contributed by atoms with Crippen LogP contribution in [-0.4, -0.2) is 23.0 Å². The average molecular weight is 380 g/mol. The van der Waals surface area contributed by atoms with E-state index in [9.17, 15) is 9.59 Å². The average Bonchev–Trinajstić information content (AvgIpc) is 2.57. The largest absolute Gasteiger partial charge is 0.481 e. The van der Waals surface area contributed by atoms with Crippen molar-refractivity contribution in [2.45, 2.75) is 31.7 Å². The van der Waals surface area contributed by atoms with Crippen molar-refractivity contribution in [3.63, 3.8) is 0 Å². The van der Waals surface area contributed by atoms with Crippen molar-refractivity contribution in [3.8, 4) is 0 Å². The Bertz CT molecular complexity index is 735. The van der Waals surface area contributed by atoms with Crippen molar-refractivity contribution in [2.24, 2.45) is 0 Å². The van der Waals surface area contributed by atoms with Crippen LogP contribution in [0.25, 0.3) is 0 Å². The maximum absolute atomic E-state index is 12.3.